The fourth-order valence-electron chi connectivity index (χ4n) is 9.50. The van der Waals surface area contributed by atoms with Gasteiger partial charge in [-0.15, -0.1) is 11.3 Å². The van der Waals surface area contributed by atoms with Crippen LogP contribution in [0.25, 0.3) is 32.2 Å². The van der Waals surface area contributed by atoms with E-state index in [-0.39, 0.29) is 80.1 Å². The van der Waals surface area contributed by atoms with Crippen molar-refractivity contribution in [2.75, 3.05) is 62.6 Å². The van der Waals surface area contributed by atoms with Crippen molar-refractivity contribution in [2.45, 2.75) is 111 Å². The van der Waals surface area contributed by atoms with Gasteiger partial charge in [-0.3, -0.25) is 20.0 Å². The minimum absolute atomic E-state index is 0.000184. The van der Waals surface area contributed by atoms with Crippen LogP contribution in [0.2, 0.25) is 0 Å². The van der Waals surface area contributed by atoms with E-state index >= 15 is 8.78 Å². The molecule has 19 heteroatoms. The molecule has 1 aromatic carbocycles. The number of aromatic nitrogens is 3. The van der Waals surface area contributed by atoms with Crippen molar-refractivity contribution in [1.82, 2.24) is 29.7 Å². The normalized spacial score (nSPS) is 20.7. The largest absolute Gasteiger partial charge is 0.463 e. The lowest BCUT2D eigenvalue weighted by Gasteiger charge is -2.42. The Morgan fingerprint density at radius 3 is 2.25 bits per heavy atom. The van der Waals surface area contributed by atoms with Gasteiger partial charge in [0.25, 0.3) is 0 Å². The number of piperazine rings is 2. The Morgan fingerprint density at radius 2 is 1.62 bits per heavy atom. The number of amides is 3. The predicted molar refractivity (Wildman–Crippen MR) is 234 cm³/mol. The zero-order chi connectivity index (χ0) is 45.5. The van der Waals surface area contributed by atoms with Crippen molar-refractivity contribution >= 4 is 61.2 Å². The van der Waals surface area contributed by atoms with Gasteiger partial charge in [0.05, 0.1) is 47.4 Å². The summed E-state index contributed by atoms with van der Waals surface area (Å²) in [7, 11) is 0. The first-order valence-corrected chi connectivity index (χ1v) is 22.6. The molecule has 4 aliphatic heterocycles. The van der Waals surface area contributed by atoms with E-state index in [0.717, 1.165) is 62.9 Å². The van der Waals surface area contributed by atoms with E-state index in [0.29, 0.717) is 55.1 Å². The molecule has 1 saturated carbocycles. The van der Waals surface area contributed by atoms with Crippen LogP contribution in [0.15, 0.2) is 6.20 Å². The van der Waals surface area contributed by atoms with Gasteiger partial charge in [0.1, 0.15) is 33.6 Å². The van der Waals surface area contributed by atoms with E-state index < -0.39 is 35.0 Å². The number of rotatable bonds is 8. The molecule has 3 aromatic heterocycles. The van der Waals surface area contributed by atoms with Crippen molar-refractivity contribution < 1.29 is 42.1 Å². The summed E-state index contributed by atoms with van der Waals surface area (Å²) in [5.41, 5.74) is -0.724. The maximum Gasteiger partial charge on any atom is 0.412 e. The van der Waals surface area contributed by atoms with Crippen molar-refractivity contribution in [3.8, 4) is 23.3 Å². The van der Waals surface area contributed by atoms with Gasteiger partial charge in [-0.1, -0.05) is 0 Å². The lowest BCUT2D eigenvalue weighted by Crippen LogP contribution is -2.56. The molecular weight excluding hydrogens is 849 g/mol. The van der Waals surface area contributed by atoms with Gasteiger partial charge in [0.15, 0.2) is 11.6 Å². The second kappa shape index (κ2) is 16.2. The predicted octanol–water partition coefficient (Wildman–Crippen LogP) is 7.34. The highest BCUT2D eigenvalue weighted by Crippen LogP contribution is 2.50. The zero-order valence-corrected chi connectivity index (χ0v) is 38.0. The van der Waals surface area contributed by atoms with E-state index in [1.165, 1.54) is 0 Å². The standard InChI is InChI=1S/C45H53F2N9O7S/c1-24(57)54-14-12-53(13-15-54)22-45(10-11-45)23-61-40-50-36-33(38(51-40)56-25-8-9-26(56)19-55(18-25)42(59)63-44(5,6)7)29-21-60-20-28(29)31(34(36)47)35-32-27(16-48)39(52-41(58)62-43(2,3)4)64-37(32)30(46)17-49-35/h17,25-26H,8-15,18-23H2,1-7H3,(H,52,58). The van der Waals surface area contributed by atoms with Gasteiger partial charge >= 0.3 is 18.2 Å². The first-order valence-electron chi connectivity index (χ1n) is 21.8. The third kappa shape index (κ3) is 8.35. The number of nitriles is 1. The Hall–Kier alpha value is -5.45. The van der Waals surface area contributed by atoms with Gasteiger partial charge < -0.3 is 33.6 Å². The molecule has 0 radical (unpaired) electrons. The molecule has 2 bridgehead atoms. The molecule has 7 heterocycles. The summed E-state index contributed by atoms with van der Waals surface area (Å²) in [6.07, 6.45) is 3.14. The summed E-state index contributed by atoms with van der Waals surface area (Å²) >= 11 is 0.832. The fraction of sp³-hybridized carbons (Fsp3) is 0.578. The molecule has 2 atom stereocenters. The highest BCUT2D eigenvalue weighted by Gasteiger charge is 2.47. The van der Waals surface area contributed by atoms with Crippen LogP contribution < -0.4 is 15.0 Å². The number of hydrogen-bond acceptors (Lipinski definition) is 14. The molecule has 4 aromatic rings. The lowest BCUT2D eigenvalue weighted by atomic mass is 9.93. The van der Waals surface area contributed by atoms with Crippen LogP contribution >= 0.6 is 11.3 Å². The number of carbonyl (C=O) groups is 3. The quantitative estimate of drug-likeness (QED) is 0.186. The number of nitrogens with zero attached hydrogens (tertiary/aromatic N) is 8. The summed E-state index contributed by atoms with van der Waals surface area (Å²) in [5, 5.41) is 13.6. The third-order valence-corrected chi connectivity index (χ3v) is 13.7. The van der Waals surface area contributed by atoms with Gasteiger partial charge in [-0.2, -0.15) is 15.2 Å². The summed E-state index contributed by atoms with van der Waals surface area (Å²) in [6, 6.07) is 1.75. The minimum atomic E-state index is -0.846. The monoisotopic (exact) mass is 901 g/mol. The van der Waals surface area contributed by atoms with E-state index in [1.54, 1.807) is 32.6 Å². The highest BCUT2D eigenvalue weighted by molar-refractivity contribution is 7.23. The Bertz CT molecular complexity index is 2600. The maximum atomic E-state index is 18.0. The van der Waals surface area contributed by atoms with Crippen molar-refractivity contribution in [2.24, 2.45) is 5.41 Å². The van der Waals surface area contributed by atoms with Crippen LogP contribution in [0.1, 0.15) is 90.8 Å². The minimum Gasteiger partial charge on any atom is -0.463 e. The molecule has 3 amide bonds. The summed E-state index contributed by atoms with van der Waals surface area (Å²) < 4.78 is 57.4. The van der Waals surface area contributed by atoms with Gasteiger partial charge in [0, 0.05) is 81.2 Å². The number of pyridine rings is 1. The van der Waals surface area contributed by atoms with Crippen LogP contribution in [0.3, 0.4) is 0 Å². The van der Waals surface area contributed by atoms with Gasteiger partial charge in [-0.05, 0) is 78.4 Å². The number of hydrogen-bond donors (Lipinski definition) is 1. The number of halogens is 2. The van der Waals surface area contributed by atoms with Crippen LogP contribution in [0.5, 0.6) is 6.01 Å². The van der Waals surface area contributed by atoms with E-state index in [1.807, 2.05) is 25.7 Å². The maximum absolute atomic E-state index is 18.0. The van der Waals surface area contributed by atoms with E-state index in [9.17, 15) is 19.6 Å². The fourth-order valence-corrected chi connectivity index (χ4v) is 10.5. The smallest absolute Gasteiger partial charge is 0.412 e. The second-order valence-electron chi connectivity index (χ2n) is 19.6. The lowest BCUT2D eigenvalue weighted by molar-refractivity contribution is -0.130. The third-order valence-electron chi connectivity index (χ3n) is 12.6. The number of fused-ring (bicyclic) bond motifs is 6. The van der Waals surface area contributed by atoms with E-state index in [4.69, 9.17) is 28.9 Å². The number of anilines is 2. The number of ether oxygens (including phenoxy) is 4. The molecule has 4 fully saturated rings. The van der Waals surface area contributed by atoms with Crippen LogP contribution in [0, 0.1) is 28.4 Å². The summed E-state index contributed by atoms with van der Waals surface area (Å²) in [4.78, 5) is 60.6. The summed E-state index contributed by atoms with van der Waals surface area (Å²) in [6.45, 7) is 16.9. The average Bonchev–Trinajstić information content (AvgIpc) is 3.49. The Balaban J connectivity index is 1.14. The molecular formula is C45H53F2N9O7S. The molecule has 2 unspecified atom stereocenters. The van der Waals surface area contributed by atoms with Gasteiger partial charge in [0.2, 0.25) is 5.91 Å². The first kappa shape index (κ1) is 43.8. The van der Waals surface area contributed by atoms with Crippen LogP contribution in [-0.4, -0.2) is 123 Å². The molecule has 5 aliphatic rings. The Morgan fingerprint density at radius 1 is 0.953 bits per heavy atom. The number of thiophene rings is 1. The zero-order valence-electron chi connectivity index (χ0n) is 37.2. The molecule has 9 rings (SSSR count). The molecule has 64 heavy (non-hydrogen) atoms. The number of benzene rings is 1. The molecule has 340 valence electrons. The first-order chi connectivity index (χ1) is 30.3. The SMILES string of the molecule is CC(=O)N1CCN(CC2(COc3nc(N4C5CCC4CN(C(=O)OC(C)(C)C)C5)c4c5c(c(-c6ncc(F)c7sc(NC(=O)OC(C)(C)C)c(C#N)c67)c(F)c4n3)COC5)CC2)CC1. The van der Waals surface area contributed by atoms with Gasteiger partial charge in [-0.25, -0.2) is 18.4 Å². The highest BCUT2D eigenvalue weighted by atomic mass is 32.1. The molecule has 16 nitrogen and oxygen atoms in total. The number of carbonyl (C=O) groups excluding carboxylic acids is 3. The average molecular weight is 902 g/mol. The Labute approximate surface area is 373 Å². The van der Waals surface area contributed by atoms with Crippen LogP contribution in [-0.2, 0) is 32.2 Å². The number of likely N-dealkylation sites (tertiary alicyclic amines) is 1. The Kier molecular flexibility index (Phi) is 11.1. The topological polar surface area (TPSA) is 176 Å². The number of nitrogens with one attached hydrogen (secondary N) is 1. The molecule has 0 spiro atoms. The molecule has 1 aliphatic carbocycles. The summed E-state index contributed by atoms with van der Waals surface area (Å²) in [5.74, 6) is -0.971. The van der Waals surface area contributed by atoms with E-state index in [2.05, 4.69) is 26.2 Å². The second-order valence-corrected chi connectivity index (χ2v) is 20.7. The van der Waals surface area contributed by atoms with Crippen molar-refractivity contribution in [3.63, 3.8) is 0 Å². The molecule has 3 saturated heterocycles. The molecule has 1 N–H and O–H groups in total. The van der Waals surface area contributed by atoms with Crippen molar-refractivity contribution in [3.05, 3.63) is 34.5 Å². The van der Waals surface area contributed by atoms with Crippen LogP contribution in [0.4, 0.5) is 29.2 Å². The van der Waals surface area contributed by atoms with Crippen molar-refractivity contribution in [1.29, 1.82) is 5.26 Å².